The summed E-state index contributed by atoms with van der Waals surface area (Å²) in [4.78, 5) is 11.0. The minimum absolute atomic E-state index is 0.129. The first-order chi connectivity index (χ1) is 7.45. The highest BCUT2D eigenvalue weighted by Crippen LogP contribution is 2.31. The number of halogens is 2. The average Bonchev–Trinajstić information content (AvgIpc) is 2.21. The first kappa shape index (κ1) is 12.4. The highest BCUT2D eigenvalue weighted by molar-refractivity contribution is 5.82. The number of aromatic hydroxyl groups is 1. The van der Waals surface area contributed by atoms with Crippen molar-refractivity contribution < 1.29 is 23.8 Å². The Morgan fingerprint density at radius 1 is 1.38 bits per heavy atom. The molecule has 1 unspecified atom stereocenters. The highest BCUT2D eigenvalue weighted by atomic mass is 19.3. The molecule has 0 radical (unpaired) electrons. The molecule has 0 aromatic heterocycles. The van der Waals surface area contributed by atoms with Gasteiger partial charge >= 0.3 is 5.97 Å². The monoisotopic (exact) mass is 231 g/mol. The highest BCUT2D eigenvalue weighted by Gasteiger charge is 2.48. The lowest BCUT2D eigenvalue weighted by atomic mass is 9.81. The normalized spacial score (nSPS) is 14.8. The predicted molar refractivity (Wildman–Crippen MR) is 52.5 cm³/mol. The molecule has 4 nitrogen and oxygen atoms in total. The SMILES string of the molecule is NCC(C(=O)O)(c1ccc(O)cc1)C(F)F. The van der Waals surface area contributed by atoms with Crippen LogP contribution in [0.3, 0.4) is 0 Å². The number of alkyl halides is 2. The van der Waals surface area contributed by atoms with E-state index >= 15 is 0 Å². The van der Waals surface area contributed by atoms with Gasteiger partial charge in [0, 0.05) is 6.54 Å². The van der Waals surface area contributed by atoms with Crippen LogP contribution in [0.15, 0.2) is 24.3 Å². The van der Waals surface area contributed by atoms with Crippen LogP contribution < -0.4 is 5.73 Å². The van der Waals surface area contributed by atoms with E-state index in [-0.39, 0.29) is 11.3 Å². The van der Waals surface area contributed by atoms with Crippen molar-refractivity contribution >= 4 is 5.97 Å². The van der Waals surface area contributed by atoms with Crippen LogP contribution in [0.25, 0.3) is 0 Å². The molecule has 0 amide bonds. The minimum atomic E-state index is -3.13. The number of carboxylic acids is 1. The van der Waals surface area contributed by atoms with Crippen molar-refractivity contribution in [2.24, 2.45) is 5.73 Å². The van der Waals surface area contributed by atoms with Gasteiger partial charge < -0.3 is 15.9 Å². The number of phenolic OH excluding ortho intramolecular Hbond substituents is 1. The second kappa shape index (κ2) is 4.44. The lowest BCUT2D eigenvalue weighted by Crippen LogP contribution is -2.49. The standard InChI is InChI=1S/C10H11F2NO3/c11-8(12)10(5-13,9(15)16)6-1-3-7(14)4-2-6/h1-4,8,14H,5,13H2,(H,15,16). The molecule has 1 aromatic rings. The molecule has 0 heterocycles. The van der Waals surface area contributed by atoms with E-state index in [0.717, 1.165) is 24.3 Å². The molecule has 0 bridgehead atoms. The summed E-state index contributed by atoms with van der Waals surface area (Å²) in [7, 11) is 0. The van der Waals surface area contributed by atoms with Crippen LogP contribution in [-0.4, -0.2) is 29.2 Å². The van der Waals surface area contributed by atoms with Crippen molar-refractivity contribution in [1.29, 1.82) is 0 Å². The van der Waals surface area contributed by atoms with E-state index in [1.54, 1.807) is 0 Å². The summed E-state index contributed by atoms with van der Waals surface area (Å²) in [5, 5.41) is 17.9. The maximum atomic E-state index is 12.9. The Kier molecular flexibility index (Phi) is 3.44. The molecule has 4 N–H and O–H groups in total. The van der Waals surface area contributed by atoms with Gasteiger partial charge in [-0.05, 0) is 17.7 Å². The van der Waals surface area contributed by atoms with Crippen LogP contribution in [0.4, 0.5) is 8.78 Å². The number of carboxylic acid groups (broad SMARTS) is 1. The fourth-order valence-corrected chi connectivity index (χ4v) is 1.40. The van der Waals surface area contributed by atoms with Crippen molar-refractivity contribution in [3.8, 4) is 5.75 Å². The smallest absolute Gasteiger partial charge is 0.321 e. The first-order valence-electron chi connectivity index (χ1n) is 4.46. The molecule has 1 atom stereocenters. The molecule has 0 saturated heterocycles. The average molecular weight is 231 g/mol. The molecule has 1 rings (SSSR count). The van der Waals surface area contributed by atoms with Crippen LogP contribution in [0, 0.1) is 0 Å². The number of benzene rings is 1. The van der Waals surface area contributed by atoms with E-state index in [0.29, 0.717) is 0 Å². The lowest BCUT2D eigenvalue weighted by Gasteiger charge is -2.27. The molecular formula is C10H11F2NO3. The molecule has 1 aromatic carbocycles. The number of rotatable bonds is 4. The molecule has 0 aliphatic heterocycles. The second-order valence-electron chi connectivity index (χ2n) is 3.33. The van der Waals surface area contributed by atoms with Gasteiger partial charge in [-0.3, -0.25) is 4.79 Å². The van der Waals surface area contributed by atoms with Gasteiger partial charge in [0.15, 0.2) is 5.41 Å². The van der Waals surface area contributed by atoms with E-state index in [1.807, 2.05) is 0 Å². The van der Waals surface area contributed by atoms with Crippen LogP contribution in [-0.2, 0) is 10.2 Å². The van der Waals surface area contributed by atoms with Crippen molar-refractivity contribution in [1.82, 2.24) is 0 Å². The van der Waals surface area contributed by atoms with Gasteiger partial charge in [-0.25, -0.2) is 8.78 Å². The fraction of sp³-hybridized carbons (Fsp3) is 0.300. The molecule has 0 fully saturated rings. The Bertz CT molecular complexity index is 380. The Hall–Kier alpha value is -1.69. The predicted octanol–water partition coefficient (Wildman–Crippen LogP) is 0.938. The Morgan fingerprint density at radius 2 is 1.88 bits per heavy atom. The maximum absolute atomic E-state index is 12.9. The number of phenols is 1. The van der Waals surface area contributed by atoms with E-state index in [9.17, 15) is 13.6 Å². The van der Waals surface area contributed by atoms with Crippen molar-refractivity contribution in [3.05, 3.63) is 29.8 Å². The van der Waals surface area contributed by atoms with Crippen LogP contribution in [0.1, 0.15) is 5.56 Å². The number of carbonyl (C=O) groups is 1. The van der Waals surface area contributed by atoms with Crippen LogP contribution >= 0.6 is 0 Å². The third-order valence-corrected chi connectivity index (χ3v) is 2.46. The fourth-order valence-electron chi connectivity index (χ4n) is 1.40. The van der Waals surface area contributed by atoms with Gasteiger partial charge in [0.2, 0.25) is 0 Å². The Labute approximate surface area is 90.3 Å². The third-order valence-electron chi connectivity index (χ3n) is 2.46. The maximum Gasteiger partial charge on any atom is 0.321 e. The molecule has 16 heavy (non-hydrogen) atoms. The number of hydrogen-bond donors (Lipinski definition) is 3. The zero-order valence-electron chi connectivity index (χ0n) is 8.23. The van der Waals surface area contributed by atoms with Gasteiger partial charge in [0.1, 0.15) is 5.75 Å². The molecule has 0 spiro atoms. The van der Waals surface area contributed by atoms with E-state index < -0.39 is 24.4 Å². The number of aliphatic carboxylic acids is 1. The topological polar surface area (TPSA) is 83.6 Å². The van der Waals surface area contributed by atoms with Gasteiger partial charge in [-0.15, -0.1) is 0 Å². The Morgan fingerprint density at radius 3 is 2.19 bits per heavy atom. The largest absolute Gasteiger partial charge is 0.508 e. The summed E-state index contributed by atoms with van der Waals surface area (Å²) >= 11 is 0. The molecule has 6 heteroatoms. The molecule has 88 valence electrons. The summed E-state index contributed by atoms with van der Waals surface area (Å²) in [5.41, 5.74) is 2.60. The lowest BCUT2D eigenvalue weighted by molar-refractivity contribution is -0.150. The number of nitrogens with two attached hydrogens (primary N) is 1. The van der Waals surface area contributed by atoms with E-state index in [1.165, 1.54) is 0 Å². The summed E-state index contributed by atoms with van der Waals surface area (Å²) < 4.78 is 25.7. The zero-order valence-corrected chi connectivity index (χ0v) is 8.23. The zero-order chi connectivity index (χ0) is 12.3. The quantitative estimate of drug-likeness (QED) is 0.720. The van der Waals surface area contributed by atoms with Crippen LogP contribution in [0.5, 0.6) is 5.75 Å². The van der Waals surface area contributed by atoms with E-state index in [4.69, 9.17) is 15.9 Å². The minimum Gasteiger partial charge on any atom is -0.508 e. The molecular weight excluding hydrogens is 220 g/mol. The van der Waals surface area contributed by atoms with Crippen LogP contribution in [0.2, 0.25) is 0 Å². The molecule has 0 saturated carbocycles. The Balaban J connectivity index is 3.30. The van der Waals surface area contributed by atoms with Crippen molar-refractivity contribution in [3.63, 3.8) is 0 Å². The summed E-state index contributed by atoms with van der Waals surface area (Å²) in [6, 6.07) is 4.54. The molecule has 0 aliphatic carbocycles. The number of hydrogen-bond acceptors (Lipinski definition) is 3. The third kappa shape index (κ3) is 1.83. The summed E-state index contributed by atoms with van der Waals surface area (Å²) in [6.45, 7) is -0.717. The summed E-state index contributed by atoms with van der Waals surface area (Å²) in [6.07, 6.45) is -3.13. The van der Waals surface area contributed by atoms with E-state index in [2.05, 4.69) is 0 Å². The van der Waals surface area contributed by atoms with Crippen molar-refractivity contribution in [2.75, 3.05) is 6.54 Å². The van der Waals surface area contributed by atoms with Crippen molar-refractivity contribution in [2.45, 2.75) is 11.8 Å². The second-order valence-corrected chi connectivity index (χ2v) is 3.33. The van der Waals surface area contributed by atoms with Gasteiger partial charge in [0.25, 0.3) is 6.43 Å². The molecule has 0 aliphatic rings. The summed E-state index contributed by atoms with van der Waals surface area (Å²) in [5.74, 6) is -1.81. The first-order valence-corrected chi connectivity index (χ1v) is 4.46. The van der Waals surface area contributed by atoms with Gasteiger partial charge in [-0.2, -0.15) is 0 Å². The van der Waals surface area contributed by atoms with Gasteiger partial charge in [0.05, 0.1) is 0 Å². The van der Waals surface area contributed by atoms with Gasteiger partial charge in [-0.1, -0.05) is 12.1 Å².